The third-order valence-corrected chi connectivity index (χ3v) is 6.17. The van der Waals surface area contributed by atoms with Gasteiger partial charge in [-0.2, -0.15) is 8.42 Å². The first-order valence-electron chi connectivity index (χ1n) is 9.17. The molecule has 0 radical (unpaired) electrons. The van der Waals surface area contributed by atoms with Crippen molar-refractivity contribution in [2.45, 2.75) is 11.8 Å². The van der Waals surface area contributed by atoms with Crippen LogP contribution in [0.4, 0.5) is 25.8 Å². The van der Waals surface area contributed by atoms with Crippen molar-refractivity contribution in [3.63, 3.8) is 0 Å². The lowest BCUT2D eigenvalue weighted by Gasteiger charge is -2.15. The van der Waals surface area contributed by atoms with Crippen molar-refractivity contribution in [3.8, 4) is 0 Å². The number of benzene rings is 3. The first kappa shape index (κ1) is 24.5. The second-order valence-electron chi connectivity index (χ2n) is 6.73. The summed E-state index contributed by atoms with van der Waals surface area (Å²) in [4.78, 5) is 11.7. The van der Waals surface area contributed by atoms with Gasteiger partial charge in [0.05, 0.1) is 5.02 Å². The molecular formula is C21H16ClF2N3O4S2. The number of anilines is 3. The van der Waals surface area contributed by atoms with Crippen molar-refractivity contribution in [2.75, 3.05) is 16.0 Å². The molecule has 0 heterocycles. The highest BCUT2D eigenvalue weighted by Gasteiger charge is 2.19. The first-order chi connectivity index (χ1) is 15.5. The monoisotopic (exact) mass is 511 g/mol. The average molecular weight is 512 g/mol. The Morgan fingerprint density at radius 1 is 0.939 bits per heavy atom. The molecule has 3 aromatic carbocycles. The smallest absolute Gasteiger partial charge is 0.296 e. The van der Waals surface area contributed by atoms with Gasteiger partial charge in [0.1, 0.15) is 22.1 Å². The minimum atomic E-state index is -4.46. The maximum atomic E-state index is 13.7. The highest BCUT2D eigenvalue weighted by atomic mass is 35.5. The Balaban J connectivity index is 1.66. The van der Waals surface area contributed by atoms with Gasteiger partial charge < -0.3 is 16.0 Å². The molecule has 0 unspecified atom stereocenters. The van der Waals surface area contributed by atoms with Gasteiger partial charge in [-0.1, -0.05) is 17.7 Å². The fraction of sp³-hybridized carbons (Fsp3) is 0.0476. The molecule has 0 saturated heterocycles. The predicted octanol–water partition coefficient (Wildman–Crippen LogP) is 5.23. The molecule has 0 fully saturated rings. The van der Waals surface area contributed by atoms with Crippen LogP contribution in [-0.4, -0.2) is 24.0 Å². The van der Waals surface area contributed by atoms with Gasteiger partial charge in [0.25, 0.3) is 16.0 Å². The van der Waals surface area contributed by atoms with Crippen LogP contribution in [0.15, 0.2) is 59.5 Å². The molecule has 12 heteroatoms. The Labute approximate surface area is 198 Å². The lowest BCUT2D eigenvalue weighted by Crippen LogP contribution is -2.20. The number of rotatable bonds is 5. The van der Waals surface area contributed by atoms with E-state index in [0.717, 1.165) is 24.3 Å². The molecule has 0 atom stereocenters. The lowest BCUT2D eigenvalue weighted by atomic mass is 10.1. The SMILES string of the molecule is Cc1c(NC(=S)Nc2ccc(NC(=O)c3c(F)cccc3F)cc2)ccc(S(=O)(=O)O)c1Cl. The molecule has 3 rings (SSSR count). The van der Waals surface area contributed by atoms with E-state index in [4.69, 9.17) is 23.8 Å². The molecule has 33 heavy (non-hydrogen) atoms. The summed E-state index contributed by atoms with van der Waals surface area (Å²) >= 11 is 11.3. The van der Waals surface area contributed by atoms with Gasteiger partial charge in [-0.3, -0.25) is 9.35 Å². The van der Waals surface area contributed by atoms with E-state index in [0.29, 0.717) is 22.6 Å². The third kappa shape index (κ3) is 5.82. The largest absolute Gasteiger partial charge is 0.332 e. The minimum Gasteiger partial charge on any atom is -0.332 e. The number of hydrogen-bond donors (Lipinski definition) is 4. The molecule has 7 nitrogen and oxygen atoms in total. The fourth-order valence-electron chi connectivity index (χ4n) is 2.82. The summed E-state index contributed by atoms with van der Waals surface area (Å²) in [5, 5.41) is 8.18. The quantitative estimate of drug-likeness (QED) is 0.274. The highest BCUT2D eigenvalue weighted by molar-refractivity contribution is 7.86. The molecule has 0 saturated carbocycles. The molecule has 4 N–H and O–H groups in total. The van der Waals surface area contributed by atoms with E-state index in [-0.39, 0.29) is 10.1 Å². The van der Waals surface area contributed by atoms with Gasteiger partial charge in [-0.15, -0.1) is 0 Å². The van der Waals surface area contributed by atoms with Crippen LogP contribution in [0.5, 0.6) is 0 Å². The van der Waals surface area contributed by atoms with Crippen molar-refractivity contribution in [2.24, 2.45) is 0 Å². The molecule has 172 valence electrons. The van der Waals surface area contributed by atoms with Crippen LogP contribution in [0, 0.1) is 18.6 Å². The normalized spacial score (nSPS) is 11.1. The van der Waals surface area contributed by atoms with E-state index in [1.54, 1.807) is 19.1 Å². The van der Waals surface area contributed by atoms with Crippen LogP contribution >= 0.6 is 23.8 Å². The molecule has 0 spiro atoms. The number of halogens is 3. The summed E-state index contributed by atoms with van der Waals surface area (Å²) < 4.78 is 59.4. The Morgan fingerprint density at radius 3 is 2.03 bits per heavy atom. The van der Waals surface area contributed by atoms with Gasteiger partial charge in [0.2, 0.25) is 0 Å². The van der Waals surface area contributed by atoms with Crippen LogP contribution in [0.3, 0.4) is 0 Å². The van der Waals surface area contributed by atoms with Crippen molar-refractivity contribution in [1.29, 1.82) is 0 Å². The summed E-state index contributed by atoms with van der Waals surface area (Å²) in [5.41, 5.74) is 0.922. The zero-order valence-electron chi connectivity index (χ0n) is 16.8. The Kier molecular flexibility index (Phi) is 7.28. The van der Waals surface area contributed by atoms with Crippen LogP contribution in [-0.2, 0) is 10.1 Å². The number of hydrogen-bond acceptors (Lipinski definition) is 4. The minimum absolute atomic E-state index is 0.142. The van der Waals surface area contributed by atoms with Gasteiger partial charge in [0.15, 0.2) is 5.11 Å². The molecule has 0 aliphatic heterocycles. The van der Waals surface area contributed by atoms with Gasteiger partial charge in [-0.25, -0.2) is 8.78 Å². The van der Waals surface area contributed by atoms with E-state index in [2.05, 4.69) is 16.0 Å². The lowest BCUT2D eigenvalue weighted by molar-refractivity contribution is 0.101. The number of carbonyl (C=O) groups excluding carboxylic acids is 1. The second kappa shape index (κ2) is 9.79. The number of carbonyl (C=O) groups is 1. The summed E-state index contributed by atoms with van der Waals surface area (Å²) in [6.45, 7) is 1.55. The van der Waals surface area contributed by atoms with Crippen LogP contribution in [0.1, 0.15) is 15.9 Å². The van der Waals surface area contributed by atoms with Gasteiger partial charge in [-0.05, 0) is 73.2 Å². The van der Waals surface area contributed by atoms with Gasteiger partial charge >= 0.3 is 0 Å². The van der Waals surface area contributed by atoms with Gasteiger partial charge in [0, 0.05) is 17.1 Å². The summed E-state index contributed by atoms with van der Waals surface area (Å²) in [6.07, 6.45) is 0. The summed E-state index contributed by atoms with van der Waals surface area (Å²) in [6, 6.07) is 11.8. The summed E-state index contributed by atoms with van der Waals surface area (Å²) in [5.74, 6) is -2.87. The van der Waals surface area contributed by atoms with Crippen molar-refractivity contribution < 1.29 is 26.5 Å². The Morgan fingerprint density at radius 2 is 1.48 bits per heavy atom. The molecule has 0 bridgehead atoms. The third-order valence-electron chi connectivity index (χ3n) is 4.47. The molecule has 0 aliphatic rings. The standard InChI is InChI=1S/C21H16ClF2N3O4S2/c1-11-16(9-10-17(19(11)22)33(29,30)31)27-21(32)26-13-7-5-12(6-8-13)25-20(28)18-14(23)3-2-4-15(18)24/h2-10H,1H3,(H,25,28)(H2,26,27,32)(H,29,30,31). The maximum absolute atomic E-state index is 13.7. The first-order valence-corrected chi connectivity index (χ1v) is 11.4. The van der Waals surface area contributed by atoms with Crippen molar-refractivity contribution in [1.82, 2.24) is 0 Å². The van der Waals surface area contributed by atoms with Crippen molar-refractivity contribution in [3.05, 3.63) is 82.4 Å². The molecule has 0 aromatic heterocycles. The molecule has 1 amide bonds. The zero-order valence-corrected chi connectivity index (χ0v) is 19.2. The summed E-state index contributed by atoms with van der Waals surface area (Å²) in [7, 11) is -4.46. The van der Waals surface area contributed by atoms with E-state index >= 15 is 0 Å². The second-order valence-corrected chi connectivity index (χ2v) is 8.91. The van der Waals surface area contributed by atoms with Crippen LogP contribution in [0.2, 0.25) is 5.02 Å². The number of thiocarbonyl (C=S) groups is 1. The van der Waals surface area contributed by atoms with Crippen molar-refractivity contribution >= 4 is 62.0 Å². The topological polar surface area (TPSA) is 108 Å². The van der Waals surface area contributed by atoms with Crippen LogP contribution in [0.25, 0.3) is 0 Å². The van der Waals surface area contributed by atoms with Crippen LogP contribution < -0.4 is 16.0 Å². The Bertz CT molecular complexity index is 1330. The maximum Gasteiger partial charge on any atom is 0.296 e. The molecule has 3 aromatic rings. The average Bonchev–Trinajstić information content (AvgIpc) is 2.72. The molecule has 0 aliphatic carbocycles. The molecular weight excluding hydrogens is 496 g/mol. The van der Waals surface area contributed by atoms with E-state index in [9.17, 15) is 26.5 Å². The van der Waals surface area contributed by atoms with E-state index < -0.39 is 38.1 Å². The number of nitrogens with one attached hydrogen (secondary N) is 3. The fourth-order valence-corrected chi connectivity index (χ4v) is 4.13. The zero-order chi connectivity index (χ0) is 24.3. The Hall–Kier alpha value is -3.12. The van der Waals surface area contributed by atoms with E-state index in [1.807, 2.05) is 0 Å². The predicted molar refractivity (Wildman–Crippen MR) is 127 cm³/mol. The van der Waals surface area contributed by atoms with E-state index in [1.165, 1.54) is 18.2 Å². The highest BCUT2D eigenvalue weighted by Crippen LogP contribution is 2.30. The number of amides is 1.